The molecule has 0 fully saturated rings. The van der Waals surface area contributed by atoms with Gasteiger partial charge in [0.15, 0.2) is 0 Å². The summed E-state index contributed by atoms with van der Waals surface area (Å²) in [6.45, 7) is 0. The molecular weight excluding hydrogens is 262 g/mol. The zero-order valence-electron chi connectivity index (χ0n) is 9.50. The number of aromatic nitrogens is 1. The molecule has 0 amide bonds. The fraction of sp³-hybridized carbons (Fsp3) is 0.0833. The van der Waals surface area contributed by atoms with E-state index in [1.54, 1.807) is 0 Å². The van der Waals surface area contributed by atoms with Crippen LogP contribution in [0.2, 0.25) is 0 Å². The molecule has 0 unspecified atom stereocenters. The summed E-state index contributed by atoms with van der Waals surface area (Å²) in [4.78, 5) is 3.47. The van der Waals surface area contributed by atoms with Gasteiger partial charge in [0, 0.05) is 11.9 Å². The lowest BCUT2D eigenvalue weighted by molar-refractivity contribution is -0.137. The van der Waals surface area contributed by atoms with Gasteiger partial charge in [-0.3, -0.25) is 0 Å². The number of benzene rings is 1. The van der Waals surface area contributed by atoms with E-state index in [0.29, 0.717) is 6.20 Å². The molecule has 3 nitrogen and oxygen atoms in total. The van der Waals surface area contributed by atoms with Gasteiger partial charge in [-0.1, -0.05) is 6.07 Å². The molecule has 1 aromatic carbocycles. The molecule has 19 heavy (non-hydrogen) atoms. The van der Waals surface area contributed by atoms with E-state index in [4.69, 9.17) is 5.73 Å². The maximum Gasteiger partial charge on any atom is 0.417 e. The quantitative estimate of drug-likeness (QED) is 0.821. The van der Waals surface area contributed by atoms with Crippen LogP contribution >= 0.6 is 0 Å². The summed E-state index contributed by atoms with van der Waals surface area (Å²) in [7, 11) is 0. The van der Waals surface area contributed by atoms with Gasteiger partial charge < -0.3 is 11.1 Å². The Morgan fingerprint density at radius 2 is 1.89 bits per heavy atom. The van der Waals surface area contributed by atoms with Crippen molar-refractivity contribution in [1.29, 1.82) is 0 Å². The van der Waals surface area contributed by atoms with Gasteiger partial charge in [0.2, 0.25) is 0 Å². The third-order valence-corrected chi connectivity index (χ3v) is 2.35. The molecule has 1 heterocycles. The van der Waals surface area contributed by atoms with E-state index in [-0.39, 0.29) is 17.2 Å². The van der Waals surface area contributed by atoms with Gasteiger partial charge in [0.25, 0.3) is 0 Å². The minimum absolute atomic E-state index is 0.0274. The summed E-state index contributed by atoms with van der Waals surface area (Å²) in [5.74, 6) is -0.610. The highest BCUT2D eigenvalue weighted by Crippen LogP contribution is 2.32. The second kappa shape index (κ2) is 4.75. The monoisotopic (exact) mass is 271 g/mol. The van der Waals surface area contributed by atoms with Crippen LogP contribution in [0.3, 0.4) is 0 Å². The molecule has 0 atom stereocenters. The van der Waals surface area contributed by atoms with Crippen molar-refractivity contribution in [2.24, 2.45) is 0 Å². The number of hydrogen-bond acceptors (Lipinski definition) is 3. The Bertz CT molecular complexity index is 596. The van der Waals surface area contributed by atoms with Crippen LogP contribution in [0.1, 0.15) is 5.56 Å². The van der Waals surface area contributed by atoms with E-state index in [0.717, 1.165) is 12.1 Å². The molecule has 1 aromatic heterocycles. The molecule has 0 bridgehead atoms. The molecule has 0 aliphatic rings. The lowest BCUT2D eigenvalue weighted by Crippen LogP contribution is -2.08. The predicted octanol–water partition coefficient (Wildman–Crippen LogP) is 3.57. The van der Waals surface area contributed by atoms with Gasteiger partial charge in [-0.25, -0.2) is 9.37 Å². The zero-order valence-corrected chi connectivity index (χ0v) is 9.50. The van der Waals surface area contributed by atoms with Crippen LogP contribution in [-0.2, 0) is 6.18 Å². The molecule has 2 rings (SSSR count). The van der Waals surface area contributed by atoms with Crippen LogP contribution in [0, 0.1) is 5.82 Å². The highest BCUT2D eigenvalue weighted by Gasteiger charge is 2.31. The molecule has 0 spiro atoms. The molecule has 7 heteroatoms. The van der Waals surface area contributed by atoms with Crippen molar-refractivity contribution in [2.45, 2.75) is 6.18 Å². The van der Waals surface area contributed by atoms with Crippen LogP contribution in [0.4, 0.5) is 34.8 Å². The molecular formula is C12H9F4N3. The summed E-state index contributed by atoms with van der Waals surface area (Å²) >= 11 is 0. The largest absolute Gasteiger partial charge is 0.417 e. The van der Waals surface area contributed by atoms with Crippen LogP contribution in [0.15, 0.2) is 36.5 Å². The van der Waals surface area contributed by atoms with Crippen molar-refractivity contribution < 1.29 is 17.6 Å². The van der Waals surface area contributed by atoms with Crippen molar-refractivity contribution in [3.05, 3.63) is 47.9 Å². The number of rotatable bonds is 2. The van der Waals surface area contributed by atoms with E-state index >= 15 is 0 Å². The van der Waals surface area contributed by atoms with Gasteiger partial charge in [0.1, 0.15) is 11.6 Å². The average molecular weight is 271 g/mol. The highest BCUT2D eigenvalue weighted by molar-refractivity contribution is 5.70. The zero-order chi connectivity index (χ0) is 14.0. The molecule has 0 aliphatic heterocycles. The fourth-order valence-electron chi connectivity index (χ4n) is 1.45. The summed E-state index contributed by atoms with van der Waals surface area (Å²) < 4.78 is 50.6. The maximum absolute atomic E-state index is 13.0. The number of alkyl halides is 3. The van der Waals surface area contributed by atoms with Crippen molar-refractivity contribution in [3.63, 3.8) is 0 Å². The van der Waals surface area contributed by atoms with Crippen LogP contribution in [0.25, 0.3) is 0 Å². The third-order valence-electron chi connectivity index (χ3n) is 2.35. The SMILES string of the molecule is Nc1ncc(C(F)(F)F)cc1Nc1cccc(F)c1. The van der Waals surface area contributed by atoms with Crippen LogP contribution < -0.4 is 11.1 Å². The molecule has 0 radical (unpaired) electrons. The van der Waals surface area contributed by atoms with E-state index < -0.39 is 17.6 Å². The van der Waals surface area contributed by atoms with E-state index in [1.165, 1.54) is 18.2 Å². The van der Waals surface area contributed by atoms with Gasteiger partial charge in [-0.2, -0.15) is 13.2 Å². The summed E-state index contributed by atoms with van der Waals surface area (Å²) in [5.41, 5.74) is 4.81. The van der Waals surface area contributed by atoms with Gasteiger partial charge in [0.05, 0.1) is 11.3 Å². The second-order valence-corrected chi connectivity index (χ2v) is 3.79. The number of pyridine rings is 1. The van der Waals surface area contributed by atoms with Crippen LogP contribution in [0.5, 0.6) is 0 Å². The normalized spacial score (nSPS) is 11.4. The summed E-state index contributed by atoms with van der Waals surface area (Å²) in [6, 6.07) is 6.11. The molecule has 0 aliphatic carbocycles. The average Bonchev–Trinajstić information content (AvgIpc) is 2.30. The topological polar surface area (TPSA) is 50.9 Å². The standard InChI is InChI=1S/C12H9F4N3/c13-8-2-1-3-9(5-8)19-10-4-7(12(14,15)16)6-18-11(10)17/h1-6,19H,(H2,17,18). The number of nitrogens with zero attached hydrogens (tertiary/aromatic N) is 1. The summed E-state index contributed by atoms with van der Waals surface area (Å²) in [5, 5.41) is 2.60. The number of halogens is 4. The number of nitrogen functional groups attached to an aromatic ring is 1. The molecule has 2 aromatic rings. The van der Waals surface area contributed by atoms with Crippen molar-refractivity contribution in [3.8, 4) is 0 Å². The smallest absolute Gasteiger partial charge is 0.382 e. The van der Waals surface area contributed by atoms with Gasteiger partial charge >= 0.3 is 6.18 Å². The molecule has 3 N–H and O–H groups in total. The Labute approximate surface area is 106 Å². The Morgan fingerprint density at radius 3 is 2.53 bits per heavy atom. The Hall–Kier alpha value is -2.31. The molecule has 100 valence electrons. The fourth-order valence-corrected chi connectivity index (χ4v) is 1.45. The highest BCUT2D eigenvalue weighted by atomic mass is 19.4. The van der Waals surface area contributed by atoms with E-state index in [9.17, 15) is 17.6 Å². The second-order valence-electron chi connectivity index (χ2n) is 3.79. The summed E-state index contributed by atoms with van der Waals surface area (Å²) in [6.07, 6.45) is -3.87. The molecule has 0 saturated carbocycles. The minimum Gasteiger partial charge on any atom is -0.382 e. The first-order valence-corrected chi connectivity index (χ1v) is 5.21. The number of anilines is 3. The Kier molecular flexibility index (Phi) is 3.28. The first-order chi connectivity index (χ1) is 8.86. The Balaban J connectivity index is 2.34. The van der Waals surface area contributed by atoms with Crippen molar-refractivity contribution >= 4 is 17.2 Å². The lowest BCUT2D eigenvalue weighted by Gasteiger charge is -2.12. The first-order valence-electron chi connectivity index (χ1n) is 5.21. The van der Waals surface area contributed by atoms with Crippen LogP contribution in [-0.4, -0.2) is 4.98 Å². The predicted molar refractivity (Wildman–Crippen MR) is 63.3 cm³/mol. The molecule has 0 saturated heterocycles. The number of hydrogen-bond donors (Lipinski definition) is 2. The minimum atomic E-state index is -4.51. The Morgan fingerprint density at radius 1 is 1.16 bits per heavy atom. The van der Waals surface area contributed by atoms with Crippen molar-refractivity contribution in [1.82, 2.24) is 4.98 Å². The third kappa shape index (κ3) is 3.12. The lowest BCUT2D eigenvalue weighted by atomic mass is 10.2. The van der Waals surface area contributed by atoms with Gasteiger partial charge in [-0.15, -0.1) is 0 Å². The first kappa shape index (κ1) is 13.1. The maximum atomic E-state index is 13.0. The van der Waals surface area contributed by atoms with Gasteiger partial charge in [-0.05, 0) is 24.3 Å². The van der Waals surface area contributed by atoms with E-state index in [2.05, 4.69) is 10.3 Å². The van der Waals surface area contributed by atoms with E-state index in [1.807, 2.05) is 0 Å². The number of nitrogens with one attached hydrogen (secondary N) is 1. The number of nitrogens with two attached hydrogens (primary N) is 1. The van der Waals surface area contributed by atoms with Crippen molar-refractivity contribution in [2.75, 3.05) is 11.1 Å².